The molecule has 0 fully saturated rings. The van der Waals surface area contributed by atoms with Crippen LogP contribution in [0.4, 0.5) is 5.13 Å². The zero-order chi connectivity index (χ0) is 21.0. The van der Waals surface area contributed by atoms with Crippen molar-refractivity contribution in [1.29, 1.82) is 0 Å². The molecule has 0 aliphatic rings. The molecule has 0 aliphatic heterocycles. The molecular formula is C21H26ClN3O4S. The summed E-state index contributed by atoms with van der Waals surface area (Å²) in [5.41, 5.74) is 1.28. The van der Waals surface area contributed by atoms with Crippen molar-refractivity contribution in [1.82, 2.24) is 9.88 Å². The van der Waals surface area contributed by atoms with Gasteiger partial charge in [0.25, 0.3) is 5.91 Å². The molecule has 0 atom stereocenters. The van der Waals surface area contributed by atoms with Crippen LogP contribution in [-0.2, 0) is 0 Å². The van der Waals surface area contributed by atoms with Crippen LogP contribution in [0.3, 0.4) is 0 Å². The molecule has 1 heterocycles. The number of ether oxygens (including phenoxy) is 3. The smallest absolute Gasteiger partial charge is 0.260 e. The molecule has 2 aromatic carbocycles. The second kappa shape index (κ2) is 10.5. The number of benzene rings is 2. The van der Waals surface area contributed by atoms with E-state index >= 15 is 0 Å². The molecule has 0 N–H and O–H groups in total. The van der Waals surface area contributed by atoms with Gasteiger partial charge in [-0.3, -0.25) is 9.69 Å². The van der Waals surface area contributed by atoms with Gasteiger partial charge in [0.05, 0.1) is 31.5 Å². The van der Waals surface area contributed by atoms with Gasteiger partial charge in [0.2, 0.25) is 0 Å². The highest BCUT2D eigenvalue weighted by Gasteiger charge is 2.23. The Morgan fingerprint density at radius 2 is 1.57 bits per heavy atom. The first-order valence-electron chi connectivity index (χ1n) is 9.09. The van der Waals surface area contributed by atoms with Crippen LogP contribution in [0.1, 0.15) is 10.4 Å². The number of carbonyl (C=O) groups excluding carboxylic acids is 1. The highest BCUT2D eigenvalue weighted by Crippen LogP contribution is 2.32. The van der Waals surface area contributed by atoms with Gasteiger partial charge in [-0.2, -0.15) is 0 Å². The van der Waals surface area contributed by atoms with E-state index in [-0.39, 0.29) is 18.3 Å². The second-order valence-electron chi connectivity index (χ2n) is 6.69. The summed E-state index contributed by atoms with van der Waals surface area (Å²) in [6.07, 6.45) is 0. The molecule has 0 unspecified atom stereocenters. The van der Waals surface area contributed by atoms with Gasteiger partial charge >= 0.3 is 0 Å². The first-order valence-corrected chi connectivity index (χ1v) is 9.91. The Morgan fingerprint density at radius 1 is 0.933 bits per heavy atom. The molecule has 162 valence electrons. The summed E-state index contributed by atoms with van der Waals surface area (Å²) in [6.45, 7) is 1.20. The Bertz CT molecular complexity index is 987. The highest BCUT2D eigenvalue weighted by molar-refractivity contribution is 7.22. The predicted octanol–water partition coefficient (Wildman–Crippen LogP) is 3.95. The SMILES string of the molecule is COc1cc(OC)cc(C(=O)N(CCN(C)C)c2nc3cc(OC)ccc3s2)c1.Cl. The van der Waals surface area contributed by atoms with Crippen molar-refractivity contribution in [3.8, 4) is 17.2 Å². The van der Waals surface area contributed by atoms with Gasteiger partial charge in [0, 0.05) is 30.8 Å². The Hall–Kier alpha value is -2.55. The third-order valence-corrected chi connectivity index (χ3v) is 5.49. The number of thiazole rings is 1. The molecule has 9 heteroatoms. The number of amides is 1. The average molecular weight is 452 g/mol. The van der Waals surface area contributed by atoms with Gasteiger partial charge < -0.3 is 19.1 Å². The van der Waals surface area contributed by atoms with Crippen LogP contribution < -0.4 is 19.1 Å². The Labute approximate surface area is 186 Å². The molecule has 0 aliphatic carbocycles. The van der Waals surface area contributed by atoms with Crippen LogP contribution >= 0.6 is 23.7 Å². The van der Waals surface area contributed by atoms with E-state index in [9.17, 15) is 4.79 Å². The van der Waals surface area contributed by atoms with Crippen molar-refractivity contribution in [2.75, 3.05) is 53.4 Å². The standard InChI is InChI=1S/C21H25N3O4S.ClH/c1-23(2)8-9-24(20(25)14-10-16(27-4)12-17(11-14)28-5)21-22-18-13-15(26-3)6-7-19(18)29-21;/h6-7,10-13H,8-9H2,1-5H3;1H. The van der Waals surface area contributed by atoms with Crippen LogP contribution in [0.25, 0.3) is 10.2 Å². The normalized spacial score (nSPS) is 10.6. The molecule has 1 amide bonds. The first-order chi connectivity index (χ1) is 13.9. The lowest BCUT2D eigenvalue weighted by Gasteiger charge is -2.22. The van der Waals surface area contributed by atoms with Crippen LogP contribution in [-0.4, -0.2) is 64.3 Å². The van der Waals surface area contributed by atoms with Crippen LogP contribution in [0.15, 0.2) is 36.4 Å². The second-order valence-corrected chi connectivity index (χ2v) is 7.70. The van der Waals surface area contributed by atoms with E-state index < -0.39 is 0 Å². The van der Waals surface area contributed by atoms with Crippen molar-refractivity contribution >= 4 is 45.0 Å². The Kier molecular flexibility index (Phi) is 8.28. The molecule has 7 nitrogen and oxygen atoms in total. The van der Waals surface area contributed by atoms with Gasteiger partial charge in [0.1, 0.15) is 17.2 Å². The van der Waals surface area contributed by atoms with Crippen molar-refractivity contribution in [2.45, 2.75) is 0 Å². The van der Waals surface area contributed by atoms with Crippen LogP contribution in [0, 0.1) is 0 Å². The summed E-state index contributed by atoms with van der Waals surface area (Å²) < 4.78 is 16.9. The molecule has 30 heavy (non-hydrogen) atoms. The topological polar surface area (TPSA) is 64.1 Å². The van der Waals surface area contributed by atoms with E-state index in [2.05, 4.69) is 0 Å². The number of hydrogen-bond donors (Lipinski definition) is 0. The molecule has 1 aromatic heterocycles. The Morgan fingerprint density at radius 3 is 2.13 bits per heavy atom. The number of fused-ring (bicyclic) bond motifs is 1. The van der Waals surface area contributed by atoms with E-state index in [1.165, 1.54) is 11.3 Å². The summed E-state index contributed by atoms with van der Waals surface area (Å²) in [6, 6.07) is 10.9. The number of rotatable bonds is 8. The maximum absolute atomic E-state index is 13.4. The van der Waals surface area contributed by atoms with Crippen LogP contribution in [0.5, 0.6) is 17.2 Å². The summed E-state index contributed by atoms with van der Waals surface area (Å²) in [7, 11) is 8.69. The number of methoxy groups -OCH3 is 3. The third-order valence-electron chi connectivity index (χ3n) is 4.43. The van der Waals surface area contributed by atoms with Crippen molar-refractivity contribution < 1.29 is 19.0 Å². The van der Waals surface area contributed by atoms with Crippen molar-refractivity contribution in [3.05, 3.63) is 42.0 Å². The monoisotopic (exact) mass is 451 g/mol. The molecule has 0 radical (unpaired) electrons. The van der Waals surface area contributed by atoms with E-state index in [4.69, 9.17) is 19.2 Å². The maximum Gasteiger partial charge on any atom is 0.260 e. The number of likely N-dealkylation sites (N-methyl/N-ethyl adjacent to an activating group) is 1. The minimum absolute atomic E-state index is 0. The van der Waals surface area contributed by atoms with Crippen molar-refractivity contribution in [2.24, 2.45) is 0 Å². The number of halogens is 1. The molecular weight excluding hydrogens is 426 g/mol. The van der Waals surface area contributed by atoms with Crippen LogP contribution in [0.2, 0.25) is 0 Å². The number of carbonyl (C=O) groups is 1. The fourth-order valence-electron chi connectivity index (χ4n) is 2.81. The van der Waals surface area contributed by atoms with E-state index in [0.29, 0.717) is 35.3 Å². The lowest BCUT2D eigenvalue weighted by Crippen LogP contribution is -2.36. The molecule has 3 aromatic rings. The highest BCUT2D eigenvalue weighted by atomic mass is 35.5. The van der Waals surface area contributed by atoms with Crippen molar-refractivity contribution in [3.63, 3.8) is 0 Å². The summed E-state index contributed by atoms with van der Waals surface area (Å²) in [5.74, 6) is 1.71. The van der Waals surface area contributed by atoms with Gasteiger partial charge in [-0.05, 0) is 38.4 Å². The zero-order valence-electron chi connectivity index (χ0n) is 17.7. The van der Waals surface area contributed by atoms with Gasteiger partial charge in [-0.1, -0.05) is 11.3 Å². The predicted molar refractivity (Wildman–Crippen MR) is 123 cm³/mol. The number of anilines is 1. The molecule has 0 saturated heterocycles. The lowest BCUT2D eigenvalue weighted by molar-refractivity contribution is 0.0984. The largest absolute Gasteiger partial charge is 0.497 e. The summed E-state index contributed by atoms with van der Waals surface area (Å²) in [4.78, 5) is 21.9. The van der Waals surface area contributed by atoms with Gasteiger partial charge in [-0.15, -0.1) is 12.4 Å². The lowest BCUT2D eigenvalue weighted by atomic mass is 10.1. The van der Waals surface area contributed by atoms with E-state index in [0.717, 1.165) is 16.0 Å². The quantitative estimate of drug-likeness (QED) is 0.516. The Balaban J connectivity index is 0.00000320. The summed E-state index contributed by atoms with van der Waals surface area (Å²) >= 11 is 1.48. The first kappa shape index (κ1) is 23.7. The molecule has 0 saturated carbocycles. The minimum atomic E-state index is -0.157. The average Bonchev–Trinajstić information content (AvgIpc) is 3.15. The number of nitrogens with zero attached hydrogens (tertiary/aromatic N) is 3. The fraction of sp³-hybridized carbons (Fsp3) is 0.333. The molecule has 3 rings (SSSR count). The van der Waals surface area contributed by atoms with E-state index in [1.54, 1.807) is 44.4 Å². The van der Waals surface area contributed by atoms with E-state index in [1.807, 2.05) is 37.2 Å². The fourth-order valence-corrected chi connectivity index (χ4v) is 3.78. The molecule has 0 bridgehead atoms. The summed E-state index contributed by atoms with van der Waals surface area (Å²) in [5, 5.41) is 0.641. The minimum Gasteiger partial charge on any atom is -0.497 e. The van der Waals surface area contributed by atoms with Gasteiger partial charge in [-0.25, -0.2) is 4.98 Å². The zero-order valence-corrected chi connectivity index (χ0v) is 19.3. The van der Waals surface area contributed by atoms with Gasteiger partial charge in [0.15, 0.2) is 5.13 Å². The third kappa shape index (κ3) is 5.33. The number of aromatic nitrogens is 1. The molecule has 0 spiro atoms. The maximum atomic E-state index is 13.4. The number of hydrogen-bond acceptors (Lipinski definition) is 7.